The van der Waals surface area contributed by atoms with Gasteiger partial charge >= 0.3 is 5.97 Å². The van der Waals surface area contributed by atoms with Crippen molar-refractivity contribution in [2.75, 3.05) is 31.1 Å². The molecule has 0 bridgehead atoms. The second-order valence-electron chi connectivity index (χ2n) is 7.66. The zero-order valence-corrected chi connectivity index (χ0v) is 17.4. The Kier molecular flexibility index (Phi) is 6.69. The lowest BCUT2D eigenvalue weighted by Crippen LogP contribution is -2.31. The van der Waals surface area contributed by atoms with Gasteiger partial charge in [0.15, 0.2) is 0 Å². The molecule has 158 valence electrons. The van der Waals surface area contributed by atoms with E-state index in [4.69, 9.17) is 10.1 Å². The zero-order chi connectivity index (χ0) is 21.5. The smallest absolute Gasteiger partial charge is 0.328 e. The number of hydrogen-bond acceptors (Lipinski definition) is 5. The van der Waals surface area contributed by atoms with Gasteiger partial charge in [-0.25, -0.2) is 9.78 Å². The summed E-state index contributed by atoms with van der Waals surface area (Å²) in [6.45, 7) is 4.88. The van der Waals surface area contributed by atoms with Crippen molar-refractivity contribution >= 4 is 17.9 Å². The van der Waals surface area contributed by atoms with Crippen LogP contribution < -0.4 is 4.90 Å². The van der Waals surface area contributed by atoms with Crippen LogP contribution in [0.3, 0.4) is 0 Å². The summed E-state index contributed by atoms with van der Waals surface area (Å²) in [5.41, 5.74) is 3.86. The summed E-state index contributed by atoms with van der Waals surface area (Å²) in [5.74, 6) is -0.0831. The van der Waals surface area contributed by atoms with Crippen molar-refractivity contribution in [1.82, 2.24) is 14.9 Å². The molecule has 1 N–H and O–H groups in total. The quantitative estimate of drug-likeness (QED) is 0.616. The number of aliphatic carboxylic acids is 1. The molecule has 1 aromatic heterocycles. The Bertz CT molecular complexity index is 1050. The molecule has 1 aliphatic rings. The Morgan fingerprint density at radius 2 is 1.87 bits per heavy atom. The number of nitrogens with zero attached hydrogens (tertiary/aromatic N) is 4. The van der Waals surface area contributed by atoms with E-state index in [9.17, 15) is 4.79 Å². The topological polar surface area (TPSA) is 69.6 Å². The summed E-state index contributed by atoms with van der Waals surface area (Å²) in [4.78, 5) is 24.9. The maximum absolute atomic E-state index is 10.8. The minimum absolute atomic E-state index is 0.786. The fourth-order valence-electron chi connectivity index (χ4n) is 3.82. The van der Waals surface area contributed by atoms with Crippen LogP contribution in [0.4, 0.5) is 5.82 Å². The molecule has 6 heteroatoms. The van der Waals surface area contributed by atoms with Crippen LogP contribution >= 0.6 is 0 Å². The number of carbonyl (C=O) groups is 1. The third-order valence-electron chi connectivity index (χ3n) is 5.38. The standard InChI is InChI=1S/C25H26N4O2/c30-25(31)11-10-20-8-4-9-22(16-20)23-17-26-18-24(27-23)29-13-5-12-28(14-15-29)19-21-6-2-1-3-7-21/h1-4,6-11,16-18H,5,12-15,19H2,(H,30,31)/b11-10+. The van der Waals surface area contributed by atoms with E-state index in [2.05, 4.69) is 45.1 Å². The second kappa shape index (κ2) is 10.00. The molecule has 6 nitrogen and oxygen atoms in total. The Hall–Kier alpha value is -3.51. The van der Waals surface area contributed by atoms with Gasteiger partial charge in [0.1, 0.15) is 5.82 Å². The van der Waals surface area contributed by atoms with Crippen LogP contribution in [-0.4, -0.2) is 52.1 Å². The van der Waals surface area contributed by atoms with E-state index in [1.54, 1.807) is 12.3 Å². The van der Waals surface area contributed by atoms with E-state index in [1.165, 1.54) is 5.56 Å². The number of aromatic nitrogens is 2. The van der Waals surface area contributed by atoms with E-state index < -0.39 is 5.97 Å². The summed E-state index contributed by atoms with van der Waals surface area (Å²) < 4.78 is 0. The largest absolute Gasteiger partial charge is 0.478 e. The van der Waals surface area contributed by atoms with Crippen molar-refractivity contribution in [3.63, 3.8) is 0 Å². The highest BCUT2D eigenvalue weighted by atomic mass is 16.4. The van der Waals surface area contributed by atoms with Gasteiger partial charge in [0.25, 0.3) is 0 Å². The lowest BCUT2D eigenvalue weighted by molar-refractivity contribution is -0.131. The molecule has 2 heterocycles. The SMILES string of the molecule is O=C(O)/C=C/c1cccc(-c2cncc(N3CCCN(Cc4ccccc4)CC3)n2)c1. The maximum Gasteiger partial charge on any atom is 0.328 e. The molecule has 3 aromatic rings. The molecule has 0 radical (unpaired) electrons. The van der Waals surface area contributed by atoms with E-state index in [0.29, 0.717) is 0 Å². The third-order valence-corrected chi connectivity index (χ3v) is 5.38. The molecule has 2 aromatic carbocycles. The summed E-state index contributed by atoms with van der Waals surface area (Å²) in [6, 6.07) is 18.3. The van der Waals surface area contributed by atoms with Crippen LogP contribution in [0.1, 0.15) is 17.5 Å². The molecule has 4 rings (SSSR count). The molecule has 0 saturated carbocycles. The van der Waals surface area contributed by atoms with Crippen molar-refractivity contribution in [2.45, 2.75) is 13.0 Å². The van der Waals surface area contributed by atoms with Crippen molar-refractivity contribution in [2.24, 2.45) is 0 Å². The molecular formula is C25H26N4O2. The monoisotopic (exact) mass is 414 g/mol. The Morgan fingerprint density at radius 3 is 2.71 bits per heavy atom. The van der Waals surface area contributed by atoms with Crippen molar-refractivity contribution < 1.29 is 9.90 Å². The average Bonchev–Trinajstić information content (AvgIpc) is 3.04. The first-order valence-corrected chi connectivity index (χ1v) is 10.5. The highest BCUT2D eigenvalue weighted by Gasteiger charge is 2.17. The maximum atomic E-state index is 10.8. The predicted molar refractivity (Wildman–Crippen MR) is 123 cm³/mol. The minimum Gasteiger partial charge on any atom is -0.478 e. The van der Waals surface area contributed by atoms with Crippen LogP contribution in [0, 0.1) is 0 Å². The van der Waals surface area contributed by atoms with Gasteiger partial charge in [-0.15, -0.1) is 0 Å². The van der Waals surface area contributed by atoms with Crippen LogP contribution in [0.5, 0.6) is 0 Å². The number of hydrogen-bond donors (Lipinski definition) is 1. The van der Waals surface area contributed by atoms with Crippen LogP contribution in [0.15, 0.2) is 73.1 Å². The summed E-state index contributed by atoms with van der Waals surface area (Å²) in [7, 11) is 0. The zero-order valence-electron chi connectivity index (χ0n) is 17.4. The Labute approximate surface area is 182 Å². The number of anilines is 1. The molecule has 0 spiro atoms. The Morgan fingerprint density at radius 1 is 1.00 bits per heavy atom. The first kappa shape index (κ1) is 20.8. The molecule has 0 aliphatic carbocycles. The molecule has 1 aliphatic heterocycles. The van der Waals surface area contributed by atoms with Gasteiger partial charge in [0.05, 0.1) is 18.1 Å². The molecule has 1 saturated heterocycles. The molecule has 31 heavy (non-hydrogen) atoms. The van der Waals surface area contributed by atoms with Crippen LogP contribution in [-0.2, 0) is 11.3 Å². The van der Waals surface area contributed by atoms with Crippen molar-refractivity contribution in [1.29, 1.82) is 0 Å². The Balaban J connectivity index is 1.46. The summed E-state index contributed by atoms with van der Waals surface area (Å²) in [5, 5.41) is 8.85. The third kappa shape index (κ3) is 5.77. The minimum atomic E-state index is -0.963. The number of benzene rings is 2. The van der Waals surface area contributed by atoms with Gasteiger partial charge in [-0.05, 0) is 29.7 Å². The highest BCUT2D eigenvalue weighted by molar-refractivity contribution is 5.85. The van der Waals surface area contributed by atoms with Gasteiger partial charge < -0.3 is 10.0 Å². The summed E-state index contributed by atoms with van der Waals surface area (Å²) >= 11 is 0. The van der Waals surface area contributed by atoms with Gasteiger partial charge in [-0.2, -0.15) is 0 Å². The van der Waals surface area contributed by atoms with E-state index in [1.807, 2.05) is 30.5 Å². The number of carboxylic acids is 1. The van der Waals surface area contributed by atoms with Crippen LogP contribution in [0.25, 0.3) is 17.3 Å². The van der Waals surface area contributed by atoms with Crippen molar-refractivity contribution in [3.8, 4) is 11.3 Å². The normalized spacial score (nSPS) is 15.2. The van der Waals surface area contributed by atoms with E-state index in [0.717, 1.165) is 67.9 Å². The first-order chi connectivity index (χ1) is 15.2. The number of rotatable bonds is 6. The predicted octanol–water partition coefficient (Wildman–Crippen LogP) is 3.95. The van der Waals surface area contributed by atoms with Crippen molar-refractivity contribution in [3.05, 3.63) is 84.2 Å². The first-order valence-electron chi connectivity index (χ1n) is 10.5. The lowest BCUT2D eigenvalue weighted by Gasteiger charge is -2.23. The van der Waals surface area contributed by atoms with Gasteiger partial charge in [0.2, 0.25) is 0 Å². The molecule has 0 atom stereocenters. The van der Waals surface area contributed by atoms with Gasteiger partial charge in [-0.3, -0.25) is 9.88 Å². The van der Waals surface area contributed by atoms with E-state index >= 15 is 0 Å². The number of carboxylic acid groups (broad SMARTS) is 1. The molecule has 0 unspecified atom stereocenters. The fourth-order valence-corrected chi connectivity index (χ4v) is 3.82. The lowest BCUT2D eigenvalue weighted by atomic mass is 10.1. The van der Waals surface area contributed by atoms with Gasteiger partial charge in [0, 0.05) is 44.4 Å². The summed E-state index contributed by atoms with van der Waals surface area (Å²) in [6.07, 6.45) is 7.38. The highest BCUT2D eigenvalue weighted by Crippen LogP contribution is 2.22. The average molecular weight is 415 g/mol. The molecular weight excluding hydrogens is 388 g/mol. The molecule has 1 fully saturated rings. The van der Waals surface area contributed by atoms with Gasteiger partial charge in [-0.1, -0.05) is 48.5 Å². The molecule has 0 amide bonds. The van der Waals surface area contributed by atoms with Crippen LogP contribution in [0.2, 0.25) is 0 Å². The fraction of sp³-hybridized carbons (Fsp3) is 0.240. The van der Waals surface area contributed by atoms with E-state index in [-0.39, 0.29) is 0 Å². The second-order valence-corrected chi connectivity index (χ2v) is 7.66.